The van der Waals surface area contributed by atoms with Gasteiger partial charge in [0.05, 0.1) is 5.60 Å². The Bertz CT molecular complexity index is 158. The van der Waals surface area contributed by atoms with Crippen LogP contribution in [0.1, 0.15) is 20.8 Å². The first kappa shape index (κ1) is 10.3. The summed E-state index contributed by atoms with van der Waals surface area (Å²) < 4.78 is 0. The van der Waals surface area contributed by atoms with Crippen LogP contribution in [0.3, 0.4) is 0 Å². The molecule has 11 heavy (non-hydrogen) atoms. The highest BCUT2D eigenvalue weighted by molar-refractivity contribution is 4.88. The minimum absolute atomic E-state index is 0.655. The molecule has 0 amide bonds. The summed E-state index contributed by atoms with van der Waals surface area (Å²) in [6.07, 6.45) is 0. The zero-order valence-electron chi connectivity index (χ0n) is 6.87. The van der Waals surface area contributed by atoms with Gasteiger partial charge in [0.25, 0.3) is 0 Å². The highest BCUT2D eigenvalue weighted by Gasteiger charge is 2.42. The topological polar surface area (TPSA) is 83.6 Å². The van der Waals surface area contributed by atoms with E-state index in [4.69, 9.17) is 0 Å². The zero-order chi connectivity index (χ0) is 9.28. The van der Waals surface area contributed by atoms with Crippen LogP contribution in [-0.2, 0) is 0 Å². The van der Waals surface area contributed by atoms with E-state index in [9.17, 15) is 20.3 Å². The Hall–Kier alpha value is -0.680. The van der Waals surface area contributed by atoms with Gasteiger partial charge in [0.1, 0.15) is 0 Å². The number of rotatable bonds is 3. The molecule has 0 rings (SSSR count). The van der Waals surface area contributed by atoms with Gasteiger partial charge in [-0.15, -0.1) is 0 Å². The largest absolute Gasteiger partial charge is 0.387 e. The number of hydrogen-bond acceptors (Lipinski definition) is 4. The molecule has 66 valence electrons. The van der Waals surface area contributed by atoms with Crippen LogP contribution >= 0.6 is 0 Å². The van der Waals surface area contributed by atoms with Crippen molar-refractivity contribution < 1.29 is 15.1 Å². The van der Waals surface area contributed by atoms with Gasteiger partial charge in [0.2, 0.25) is 6.54 Å². The van der Waals surface area contributed by atoms with Gasteiger partial charge in [0.15, 0.2) is 5.60 Å². The van der Waals surface area contributed by atoms with Gasteiger partial charge >= 0.3 is 0 Å². The van der Waals surface area contributed by atoms with Gasteiger partial charge in [-0.3, -0.25) is 10.1 Å². The van der Waals surface area contributed by atoms with E-state index in [2.05, 4.69) is 0 Å². The maximum atomic E-state index is 10.00. The molecule has 0 aliphatic carbocycles. The molecule has 5 nitrogen and oxygen atoms in total. The Morgan fingerprint density at radius 2 is 1.73 bits per heavy atom. The van der Waals surface area contributed by atoms with Crippen LogP contribution < -0.4 is 0 Å². The quantitative estimate of drug-likeness (QED) is 0.445. The molecule has 0 saturated carbocycles. The first-order valence-corrected chi connectivity index (χ1v) is 3.23. The standard InChI is InChI=1S/C6H13NO4/c1-5(2,8)6(3,9)4-7(10)11/h8-9H,4H2,1-3H3. The molecule has 1 atom stereocenters. The van der Waals surface area contributed by atoms with E-state index in [0.717, 1.165) is 0 Å². The predicted octanol–water partition coefficient (Wildman–Crippen LogP) is -0.215. The van der Waals surface area contributed by atoms with Crippen LogP contribution in [0.2, 0.25) is 0 Å². The van der Waals surface area contributed by atoms with Crippen molar-refractivity contribution >= 4 is 0 Å². The fraction of sp³-hybridized carbons (Fsp3) is 1.00. The summed E-state index contributed by atoms with van der Waals surface area (Å²) in [5, 5.41) is 28.6. The molecule has 0 aromatic rings. The normalized spacial score (nSPS) is 17.5. The van der Waals surface area contributed by atoms with Crippen molar-refractivity contribution in [3.63, 3.8) is 0 Å². The summed E-state index contributed by atoms with van der Waals surface area (Å²) in [5.74, 6) is 0. The summed E-state index contributed by atoms with van der Waals surface area (Å²) in [6.45, 7) is 3.24. The summed E-state index contributed by atoms with van der Waals surface area (Å²) in [7, 11) is 0. The summed E-state index contributed by atoms with van der Waals surface area (Å²) >= 11 is 0. The van der Waals surface area contributed by atoms with Crippen molar-refractivity contribution in [1.29, 1.82) is 0 Å². The first-order chi connectivity index (χ1) is 4.67. The third-order valence-corrected chi connectivity index (χ3v) is 1.76. The molecule has 0 saturated heterocycles. The molecule has 0 aromatic heterocycles. The van der Waals surface area contributed by atoms with E-state index in [1.807, 2.05) is 0 Å². The minimum atomic E-state index is -1.68. The van der Waals surface area contributed by atoms with Gasteiger partial charge < -0.3 is 10.2 Å². The fourth-order valence-electron chi connectivity index (χ4n) is 0.445. The van der Waals surface area contributed by atoms with Crippen molar-refractivity contribution in [3.8, 4) is 0 Å². The number of nitrogens with zero attached hydrogens (tertiary/aromatic N) is 1. The van der Waals surface area contributed by atoms with Crippen molar-refractivity contribution in [2.45, 2.75) is 32.0 Å². The van der Waals surface area contributed by atoms with Gasteiger partial charge in [-0.1, -0.05) is 0 Å². The maximum Gasteiger partial charge on any atom is 0.234 e. The van der Waals surface area contributed by atoms with E-state index in [1.54, 1.807) is 0 Å². The zero-order valence-corrected chi connectivity index (χ0v) is 6.87. The van der Waals surface area contributed by atoms with E-state index >= 15 is 0 Å². The van der Waals surface area contributed by atoms with E-state index in [1.165, 1.54) is 20.8 Å². The number of aliphatic hydroxyl groups is 2. The Morgan fingerprint density at radius 1 is 1.36 bits per heavy atom. The average Bonchev–Trinajstić information content (AvgIpc) is 1.56. The van der Waals surface area contributed by atoms with Gasteiger partial charge in [-0.05, 0) is 20.8 Å². The third kappa shape index (κ3) is 2.81. The molecule has 0 spiro atoms. The van der Waals surface area contributed by atoms with Crippen LogP contribution in [0, 0.1) is 10.1 Å². The first-order valence-electron chi connectivity index (χ1n) is 3.23. The lowest BCUT2D eigenvalue weighted by Crippen LogP contribution is -2.52. The van der Waals surface area contributed by atoms with Crippen LogP contribution in [-0.4, -0.2) is 32.9 Å². The molecule has 0 fully saturated rings. The predicted molar refractivity (Wildman–Crippen MR) is 38.8 cm³/mol. The van der Waals surface area contributed by atoms with Crippen LogP contribution in [0.4, 0.5) is 0 Å². The number of nitro groups is 1. The Labute approximate surface area is 64.8 Å². The monoisotopic (exact) mass is 163 g/mol. The maximum absolute atomic E-state index is 10.00. The van der Waals surface area contributed by atoms with E-state index in [0.29, 0.717) is 0 Å². The lowest BCUT2D eigenvalue weighted by Gasteiger charge is -2.31. The molecule has 0 aliphatic heterocycles. The fourth-order valence-corrected chi connectivity index (χ4v) is 0.445. The number of hydrogen-bond donors (Lipinski definition) is 2. The van der Waals surface area contributed by atoms with E-state index in [-0.39, 0.29) is 0 Å². The molecule has 0 radical (unpaired) electrons. The van der Waals surface area contributed by atoms with Crippen LogP contribution in [0.5, 0.6) is 0 Å². The van der Waals surface area contributed by atoms with Crippen molar-refractivity contribution in [2.75, 3.05) is 6.54 Å². The molecule has 2 N–H and O–H groups in total. The molecular weight excluding hydrogens is 150 g/mol. The van der Waals surface area contributed by atoms with Crippen molar-refractivity contribution in [2.24, 2.45) is 0 Å². The summed E-state index contributed by atoms with van der Waals surface area (Å²) in [4.78, 5) is 9.34. The van der Waals surface area contributed by atoms with Crippen LogP contribution in [0.25, 0.3) is 0 Å². The minimum Gasteiger partial charge on any atom is -0.387 e. The van der Waals surface area contributed by atoms with E-state index < -0.39 is 22.7 Å². The second-order valence-corrected chi connectivity index (χ2v) is 3.32. The highest BCUT2D eigenvalue weighted by atomic mass is 16.6. The SMILES string of the molecule is CC(C)(O)C(C)(O)C[N+](=O)[O-]. The molecular formula is C6H13NO4. The Morgan fingerprint density at radius 3 is 1.82 bits per heavy atom. The third-order valence-electron chi connectivity index (χ3n) is 1.76. The molecule has 1 unspecified atom stereocenters. The van der Waals surface area contributed by atoms with Crippen LogP contribution in [0.15, 0.2) is 0 Å². The Balaban J connectivity index is 4.34. The van der Waals surface area contributed by atoms with Gasteiger partial charge in [-0.2, -0.15) is 0 Å². The summed E-state index contributed by atoms with van der Waals surface area (Å²) in [6, 6.07) is 0. The molecule has 0 aliphatic rings. The lowest BCUT2D eigenvalue weighted by atomic mass is 9.88. The smallest absolute Gasteiger partial charge is 0.234 e. The second-order valence-electron chi connectivity index (χ2n) is 3.32. The molecule has 0 heterocycles. The van der Waals surface area contributed by atoms with Crippen molar-refractivity contribution in [3.05, 3.63) is 10.1 Å². The highest BCUT2D eigenvalue weighted by Crippen LogP contribution is 2.20. The van der Waals surface area contributed by atoms with Gasteiger partial charge in [0, 0.05) is 4.92 Å². The molecule has 5 heteroatoms. The summed E-state index contributed by atoms with van der Waals surface area (Å²) in [5.41, 5.74) is -3.14. The second kappa shape index (κ2) is 2.75. The average molecular weight is 163 g/mol. The Kier molecular flexibility index (Phi) is 2.58. The lowest BCUT2D eigenvalue weighted by molar-refractivity contribution is -0.506. The van der Waals surface area contributed by atoms with Crippen molar-refractivity contribution in [1.82, 2.24) is 0 Å². The van der Waals surface area contributed by atoms with Gasteiger partial charge in [-0.25, -0.2) is 0 Å². The molecule has 0 bridgehead atoms. The molecule has 0 aromatic carbocycles.